The summed E-state index contributed by atoms with van der Waals surface area (Å²) in [6.45, 7) is 1.76. The number of benzene rings is 2. The first-order valence-corrected chi connectivity index (χ1v) is 15.8. The van der Waals surface area contributed by atoms with Crippen molar-refractivity contribution < 1.29 is 0 Å². The van der Waals surface area contributed by atoms with E-state index in [-0.39, 0.29) is 17.1 Å². The fourth-order valence-corrected chi connectivity index (χ4v) is 5.39. The lowest BCUT2D eigenvalue weighted by Crippen LogP contribution is -2.09. The number of nitrogens with zero attached hydrogens (tertiary/aromatic N) is 4. The van der Waals surface area contributed by atoms with Crippen LogP contribution in [0.1, 0.15) is 28.3 Å². The zero-order valence-corrected chi connectivity index (χ0v) is 26.9. The molecule has 11 heteroatoms. The molecule has 0 fully saturated rings. The van der Waals surface area contributed by atoms with Gasteiger partial charge in [-0.25, -0.2) is 4.98 Å². The van der Waals surface area contributed by atoms with Crippen LogP contribution in [0.3, 0.4) is 0 Å². The van der Waals surface area contributed by atoms with E-state index in [1.54, 1.807) is 25.4 Å². The van der Waals surface area contributed by atoms with E-state index >= 15 is 0 Å². The summed E-state index contributed by atoms with van der Waals surface area (Å²) >= 11 is 0. The van der Waals surface area contributed by atoms with E-state index in [0.29, 0.717) is 27.9 Å². The minimum Gasteiger partial charge on any atom is -0.369 e. The third kappa shape index (κ3) is 7.21. The van der Waals surface area contributed by atoms with Crippen molar-refractivity contribution in [2.45, 2.75) is 6.92 Å². The molecule has 8 aromatic rings. The van der Waals surface area contributed by atoms with Gasteiger partial charge in [0.1, 0.15) is 17.1 Å². The van der Waals surface area contributed by atoms with Crippen molar-refractivity contribution >= 4 is 52.3 Å². The molecule has 0 aliphatic rings. The van der Waals surface area contributed by atoms with Gasteiger partial charge in [0.25, 0.3) is 11.1 Å². The van der Waals surface area contributed by atoms with Gasteiger partial charge in [0, 0.05) is 34.9 Å². The fraction of sp³-hybridized carbons (Fsp3) is 0.0256. The quantitative estimate of drug-likeness (QED) is 0.130. The molecule has 0 aliphatic carbocycles. The number of H-pyrrole nitrogens is 4. The van der Waals surface area contributed by atoms with Crippen LogP contribution in [0.4, 0.5) is 5.95 Å². The highest BCUT2D eigenvalue weighted by molar-refractivity contribution is 5.84. The maximum atomic E-state index is 12.0. The normalized spacial score (nSPS) is 11.4. The summed E-state index contributed by atoms with van der Waals surface area (Å²) in [6.07, 6.45) is 11.4. The molecule has 8 rings (SSSR count). The van der Waals surface area contributed by atoms with Crippen molar-refractivity contribution in [3.05, 3.63) is 159 Å². The van der Waals surface area contributed by atoms with Gasteiger partial charge in [-0.3, -0.25) is 24.5 Å². The lowest BCUT2D eigenvalue weighted by molar-refractivity contribution is 1.05. The fourth-order valence-electron chi connectivity index (χ4n) is 5.39. The molecule has 2 aromatic carbocycles. The predicted octanol–water partition coefficient (Wildman–Crippen LogP) is 6.86. The topological polar surface area (TPSA) is 175 Å². The van der Waals surface area contributed by atoms with Crippen molar-refractivity contribution in [2.24, 2.45) is 0 Å². The monoisotopic (exact) mass is 657 g/mol. The van der Waals surface area contributed by atoms with Gasteiger partial charge in [-0.1, -0.05) is 72.8 Å². The largest absolute Gasteiger partial charge is 0.369 e. The molecular weight excluding hydrogens is 626 g/mol. The number of aromatic amines is 4. The van der Waals surface area contributed by atoms with Crippen LogP contribution in [0.25, 0.3) is 68.9 Å². The first kappa shape index (κ1) is 31.5. The summed E-state index contributed by atoms with van der Waals surface area (Å²) in [6, 6.07) is 31.4. The van der Waals surface area contributed by atoms with Crippen molar-refractivity contribution in [1.82, 2.24) is 39.9 Å². The Morgan fingerprint density at radius 1 is 0.560 bits per heavy atom. The minimum atomic E-state index is -0.261. The summed E-state index contributed by atoms with van der Waals surface area (Å²) in [5.74, 6) is 0.680. The van der Waals surface area contributed by atoms with Crippen LogP contribution >= 0.6 is 0 Å². The molecule has 6 heterocycles. The molecule has 0 bridgehead atoms. The Labute approximate surface area is 285 Å². The van der Waals surface area contributed by atoms with Gasteiger partial charge in [-0.15, -0.1) is 0 Å². The lowest BCUT2D eigenvalue weighted by atomic mass is 10.1. The molecule has 0 amide bonds. The maximum Gasteiger partial charge on any atom is 0.261 e. The van der Waals surface area contributed by atoms with Gasteiger partial charge in [-0.05, 0) is 66.6 Å². The Hall–Kier alpha value is -7.14. The molecule has 0 spiro atoms. The molecular formula is C39H31N9O2. The average molecular weight is 658 g/mol. The van der Waals surface area contributed by atoms with Crippen LogP contribution in [0.15, 0.2) is 119 Å². The number of aryl methyl sites for hydroxylation is 1. The predicted molar refractivity (Wildman–Crippen MR) is 200 cm³/mol. The van der Waals surface area contributed by atoms with Crippen LogP contribution in [-0.4, -0.2) is 39.9 Å². The second-order valence-corrected chi connectivity index (χ2v) is 11.4. The summed E-state index contributed by atoms with van der Waals surface area (Å²) in [5, 5.41) is 1.03. The number of fused-ring (bicyclic) bond motifs is 2. The van der Waals surface area contributed by atoms with Crippen LogP contribution in [-0.2, 0) is 0 Å². The van der Waals surface area contributed by atoms with Gasteiger partial charge in [0.2, 0.25) is 5.95 Å². The van der Waals surface area contributed by atoms with Crippen molar-refractivity contribution in [1.29, 1.82) is 0 Å². The number of pyridine rings is 2. The van der Waals surface area contributed by atoms with Crippen molar-refractivity contribution in [3.8, 4) is 22.5 Å². The molecule has 0 saturated carbocycles. The Morgan fingerprint density at radius 3 is 1.56 bits per heavy atom. The highest BCUT2D eigenvalue weighted by atomic mass is 16.1. The standard InChI is InChI=1S/C20H16N4O.C19H15N5O/c1-13-22-19-17(20(25)23-13)12-18(24-19)15-9-10-21-16(11-15)8-7-14-5-3-2-4-6-14;20-19-23-17-15(18(25)24-19)11-16(22-17)13-8-9-21-14(10-13)7-6-12-4-2-1-3-5-12/h2-12H,1H3,(H2,22,23,24,25);1-11H,(H4,20,22,23,24,25)/b8-7+;7-6+. The van der Waals surface area contributed by atoms with Crippen molar-refractivity contribution in [3.63, 3.8) is 0 Å². The highest BCUT2D eigenvalue weighted by Gasteiger charge is 2.10. The van der Waals surface area contributed by atoms with Gasteiger partial charge >= 0.3 is 0 Å². The van der Waals surface area contributed by atoms with Gasteiger partial charge in [0.05, 0.1) is 22.2 Å². The number of nitrogens with two attached hydrogens (primary N) is 1. The molecule has 6 N–H and O–H groups in total. The molecule has 50 heavy (non-hydrogen) atoms. The smallest absolute Gasteiger partial charge is 0.261 e. The third-order valence-electron chi connectivity index (χ3n) is 7.81. The van der Waals surface area contributed by atoms with E-state index in [2.05, 4.69) is 39.9 Å². The second kappa shape index (κ2) is 13.9. The zero-order chi connectivity index (χ0) is 34.5. The molecule has 0 aliphatic heterocycles. The molecule has 244 valence electrons. The van der Waals surface area contributed by atoms with E-state index in [4.69, 9.17) is 5.73 Å². The first-order valence-electron chi connectivity index (χ1n) is 15.8. The molecule has 6 aromatic heterocycles. The number of nitrogen functional groups attached to an aromatic ring is 1. The molecule has 0 atom stereocenters. The molecule has 11 nitrogen and oxygen atoms in total. The van der Waals surface area contributed by atoms with E-state index in [1.807, 2.05) is 115 Å². The third-order valence-corrected chi connectivity index (χ3v) is 7.81. The highest BCUT2D eigenvalue weighted by Crippen LogP contribution is 2.24. The van der Waals surface area contributed by atoms with Crippen molar-refractivity contribution in [2.75, 3.05) is 5.73 Å². The summed E-state index contributed by atoms with van der Waals surface area (Å²) in [4.78, 5) is 52.7. The zero-order valence-electron chi connectivity index (χ0n) is 26.9. The Morgan fingerprint density at radius 2 is 1.04 bits per heavy atom. The van der Waals surface area contributed by atoms with E-state index in [0.717, 1.165) is 45.0 Å². The van der Waals surface area contributed by atoms with E-state index < -0.39 is 0 Å². The Bertz CT molecular complexity index is 2430. The van der Waals surface area contributed by atoms with Gasteiger partial charge in [-0.2, -0.15) is 4.98 Å². The summed E-state index contributed by atoms with van der Waals surface area (Å²) < 4.78 is 0. The van der Waals surface area contributed by atoms with Gasteiger partial charge < -0.3 is 20.7 Å². The molecule has 0 unspecified atom stereocenters. The number of rotatable bonds is 6. The lowest BCUT2D eigenvalue weighted by Gasteiger charge is -1.99. The van der Waals surface area contributed by atoms with Gasteiger partial charge in [0.15, 0.2) is 0 Å². The van der Waals surface area contributed by atoms with Crippen LogP contribution in [0, 0.1) is 6.92 Å². The first-order chi connectivity index (χ1) is 24.4. The number of aromatic nitrogens is 8. The Kier molecular flexibility index (Phi) is 8.76. The summed E-state index contributed by atoms with van der Waals surface area (Å²) in [7, 11) is 0. The number of nitrogens with one attached hydrogen (secondary N) is 4. The maximum absolute atomic E-state index is 12.0. The van der Waals surface area contributed by atoms with Crippen LogP contribution in [0.5, 0.6) is 0 Å². The summed E-state index contributed by atoms with van der Waals surface area (Å²) in [5.41, 5.74) is 13.6. The average Bonchev–Trinajstić information content (AvgIpc) is 3.77. The van der Waals surface area contributed by atoms with E-state index in [9.17, 15) is 9.59 Å². The number of hydrogen-bond donors (Lipinski definition) is 5. The number of anilines is 1. The molecule has 0 saturated heterocycles. The van der Waals surface area contributed by atoms with Crippen LogP contribution < -0.4 is 16.9 Å². The molecule has 0 radical (unpaired) electrons. The second-order valence-electron chi connectivity index (χ2n) is 11.4. The SMILES string of the molecule is Cc1nc2[nH]c(-c3ccnc(/C=C/c4ccccc4)c3)cc2c(=O)[nH]1.Nc1nc2[nH]c(-c3ccnc(/C=C/c4ccccc4)c3)cc2c(=O)[nH]1. The van der Waals surface area contributed by atoms with Crippen LogP contribution in [0.2, 0.25) is 0 Å². The minimum absolute atomic E-state index is 0.0899. The Balaban J connectivity index is 0.000000157. The number of hydrogen-bond acceptors (Lipinski definition) is 7. The van der Waals surface area contributed by atoms with E-state index in [1.165, 1.54) is 0 Å².